The summed E-state index contributed by atoms with van der Waals surface area (Å²) in [5.74, 6) is 0.737. The Morgan fingerprint density at radius 3 is 2.00 bits per heavy atom. The second kappa shape index (κ2) is 7.59. The van der Waals surface area contributed by atoms with Crippen LogP contribution in [0.5, 0.6) is 11.5 Å². The zero-order chi connectivity index (χ0) is 24.2. The molecule has 2 bridgehead atoms. The molecule has 182 valence electrons. The Balaban J connectivity index is 1.42. The topological polar surface area (TPSA) is 78.4 Å². The first-order chi connectivity index (χ1) is 17.5. The van der Waals surface area contributed by atoms with Crippen molar-refractivity contribution in [2.24, 2.45) is 0 Å². The molecule has 0 spiro atoms. The standard InChI is InChI=1S/C28H20I2N2O4/c1-28-10-19(24(33)20-13-6-2-4-8-17(13)32-23(16-12-30-16)26(20)36-28)35-25-21(27(28)34)14-7-3-5-9-18(14)31-22(25)15-11-29-15/h2-9,15-16,19H,10-12H2,1H3/q-2/t15?,16?,19-,28?/m1/s1. The number of hydrogen-bond acceptors (Lipinski definition) is 6. The third-order valence-electron chi connectivity index (χ3n) is 7.37. The minimum atomic E-state index is -1.25. The predicted octanol–water partition coefficient (Wildman–Crippen LogP) is -1.56. The Hall–Kier alpha value is -2.34. The third-order valence-corrected chi connectivity index (χ3v) is 12.1. The number of carbonyl (C=O) groups excluding carboxylic acids is 2. The Labute approximate surface area is 227 Å². The number of carbonyl (C=O) groups is 2. The Bertz CT molecular complexity index is 1660. The second-order valence-electron chi connectivity index (χ2n) is 9.83. The van der Waals surface area contributed by atoms with E-state index in [2.05, 4.69) is 0 Å². The summed E-state index contributed by atoms with van der Waals surface area (Å²) >= 11 is 0.0101. The van der Waals surface area contributed by atoms with Gasteiger partial charge in [0.1, 0.15) is 0 Å². The number of halogens is 2. The molecule has 4 aromatic rings. The molecule has 0 amide bonds. The average Bonchev–Trinajstić information content (AvgIpc) is 3.78. The van der Waals surface area contributed by atoms with E-state index < -0.39 is 11.7 Å². The van der Waals surface area contributed by atoms with Crippen LogP contribution in [-0.2, 0) is 0 Å². The molecule has 2 fully saturated rings. The van der Waals surface area contributed by atoms with Gasteiger partial charge in [0.2, 0.25) is 0 Å². The van der Waals surface area contributed by atoms with Gasteiger partial charge >= 0.3 is 229 Å². The summed E-state index contributed by atoms with van der Waals surface area (Å²) in [6, 6.07) is 15.5. The SMILES string of the molecule is CC12C[C@@H](Oc3c(C4C[I-]4)nc4ccccc4c3C1=O)C(=O)c1c(c(C3C[I-]3)nc3ccccc13)O2. The van der Waals surface area contributed by atoms with Crippen molar-refractivity contribution in [1.29, 1.82) is 0 Å². The van der Waals surface area contributed by atoms with Crippen LogP contribution in [0, 0.1) is 0 Å². The fourth-order valence-corrected chi connectivity index (χ4v) is 8.46. The first-order valence-electron chi connectivity index (χ1n) is 12.0. The molecule has 6 nitrogen and oxygen atoms in total. The first-order valence-corrected chi connectivity index (χ1v) is 17.5. The van der Waals surface area contributed by atoms with E-state index in [9.17, 15) is 9.59 Å². The van der Waals surface area contributed by atoms with E-state index in [1.165, 1.54) is 0 Å². The van der Waals surface area contributed by atoms with E-state index in [1.807, 2.05) is 55.5 Å². The molecule has 4 aliphatic heterocycles. The fourth-order valence-electron chi connectivity index (χ4n) is 5.44. The average molecular weight is 702 g/mol. The molecular weight excluding hydrogens is 682 g/mol. The Morgan fingerprint density at radius 2 is 1.39 bits per heavy atom. The first kappa shape index (κ1) is 21.7. The molecule has 8 heteroatoms. The van der Waals surface area contributed by atoms with Crippen molar-refractivity contribution in [2.45, 2.75) is 32.9 Å². The van der Waals surface area contributed by atoms with Crippen molar-refractivity contribution in [3.63, 3.8) is 0 Å². The Kier molecular flexibility index (Phi) is 4.58. The van der Waals surface area contributed by atoms with E-state index in [0.717, 1.165) is 42.0 Å². The van der Waals surface area contributed by atoms with Crippen LogP contribution in [0.15, 0.2) is 48.5 Å². The van der Waals surface area contributed by atoms with Crippen molar-refractivity contribution < 1.29 is 61.5 Å². The summed E-state index contributed by atoms with van der Waals surface area (Å²) in [6.07, 6.45) is -0.665. The van der Waals surface area contributed by atoms with Gasteiger partial charge in [-0.1, -0.05) is 0 Å². The van der Waals surface area contributed by atoms with Gasteiger partial charge in [0.15, 0.2) is 0 Å². The molecule has 4 aliphatic rings. The number of ketones is 2. The number of benzene rings is 2. The van der Waals surface area contributed by atoms with Gasteiger partial charge < -0.3 is 0 Å². The number of alkyl halides is 4. The number of nitrogens with zero attached hydrogens (tertiary/aromatic N) is 2. The van der Waals surface area contributed by atoms with Gasteiger partial charge in [0.25, 0.3) is 0 Å². The van der Waals surface area contributed by atoms with Crippen LogP contribution in [0.2, 0.25) is 0 Å². The molecule has 2 aromatic heterocycles. The predicted molar refractivity (Wildman–Crippen MR) is 125 cm³/mol. The zero-order valence-corrected chi connectivity index (χ0v) is 23.6. The van der Waals surface area contributed by atoms with Crippen molar-refractivity contribution in [3.05, 3.63) is 71.0 Å². The van der Waals surface area contributed by atoms with Gasteiger partial charge in [-0.3, -0.25) is 0 Å². The quantitative estimate of drug-likeness (QED) is 0.186. The third kappa shape index (κ3) is 3.12. The molecule has 36 heavy (non-hydrogen) atoms. The van der Waals surface area contributed by atoms with Gasteiger partial charge in [-0.2, -0.15) is 0 Å². The molecule has 8 rings (SSSR count). The minimum absolute atomic E-state index is 0.00312. The van der Waals surface area contributed by atoms with Crippen molar-refractivity contribution >= 4 is 33.4 Å². The van der Waals surface area contributed by atoms with Crippen LogP contribution in [-0.4, -0.2) is 42.1 Å². The summed E-state index contributed by atoms with van der Waals surface area (Å²) < 4.78 is 16.3. The second-order valence-corrected chi connectivity index (χ2v) is 16.4. The van der Waals surface area contributed by atoms with E-state index in [-0.39, 0.29) is 60.4 Å². The molecule has 2 aromatic carbocycles. The number of pyridine rings is 2. The van der Waals surface area contributed by atoms with Gasteiger partial charge in [0, 0.05) is 0 Å². The normalized spacial score (nSPS) is 28.4. The molecule has 2 saturated heterocycles. The summed E-state index contributed by atoms with van der Waals surface area (Å²) in [7, 11) is 0. The van der Waals surface area contributed by atoms with Gasteiger partial charge in [-0.25, -0.2) is 0 Å². The summed E-state index contributed by atoms with van der Waals surface area (Å²) in [4.78, 5) is 38.6. The molecule has 0 radical (unpaired) electrons. The Morgan fingerprint density at radius 1 is 0.833 bits per heavy atom. The fraction of sp³-hybridized carbons (Fsp3) is 0.286. The number of Topliss-reactive ketones (excluding diaryl/α,β-unsaturated/α-hetero) is 2. The van der Waals surface area contributed by atoms with Crippen LogP contribution >= 0.6 is 0 Å². The summed E-state index contributed by atoms with van der Waals surface area (Å²) in [5, 5.41) is 1.52. The van der Waals surface area contributed by atoms with E-state index >= 15 is 0 Å². The number of ether oxygens (including phenoxy) is 2. The van der Waals surface area contributed by atoms with Gasteiger partial charge in [-0.15, -0.1) is 0 Å². The van der Waals surface area contributed by atoms with E-state index in [1.54, 1.807) is 0 Å². The van der Waals surface area contributed by atoms with Crippen LogP contribution in [0.4, 0.5) is 0 Å². The van der Waals surface area contributed by atoms with Gasteiger partial charge in [-0.05, 0) is 0 Å². The van der Waals surface area contributed by atoms with Crippen LogP contribution < -0.4 is 51.9 Å². The molecular formula is C28H20I2N2O4-2. The van der Waals surface area contributed by atoms with E-state index in [4.69, 9.17) is 19.4 Å². The van der Waals surface area contributed by atoms with Gasteiger partial charge in [0.05, 0.1) is 0 Å². The number of fused-ring (bicyclic) bond motifs is 8. The molecule has 0 N–H and O–H groups in total. The maximum atomic E-state index is 14.5. The van der Waals surface area contributed by atoms with Crippen molar-refractivity contribution in [2.75, 3.05) is 8.86 Å². The molecule has 0 saturated carbocycles. The van der Waals surface area contributed by atoms with E-state index in [0.29, 0.717) is 30.5 Å². The summed E-state index contributed by atoms with van der Waals surface area (Å²) in [6.45, 7) is 1.82. The maximum absolute atomic E-state index is 14.5. The molecule has 6 heterocycles. The zero-order valence-electron chi connectivity index (χ0n) is 19.3. The van der Waals surface area contributed by atoms with Crippen molar-refractivity contribution in [3.8, 4) is 11.5 Å². The van der Waals surface area contributed by atoms with Crippen LogP contribution in [0.3, 0.4) is 0 Å². The monoisotopic (exact) mass is 702 g/mol. The number of hydrogen-bond donors (Lipinski definition) is 0. The number of rotatable bonds is 2. The van der Waals surface area contributed by atoms with Crippen LogP contribution in [0.1, 0.15) is 53.3 Å². The summed E-state index contributed by atoms with van der Waals surface area (Å²) in [5.41, 5.74) is 3.06. The molecule has 3 unspecified atom stereocenters. The molecule has 4 atom stereocenters. The van der Waals surface area contributed by atoms with Crippen LogP contribution in [0.25, 0.3) is 21.8 Å². The number of para-hydroxylation sites is 2. The number of aromatic nitrogens is 2. The van der Waals surface area contributed by atoms with Crippen molar-refractivity contribution in [1.82, 2.24) is 9.97 Å². The molecule has 0 aliphatic carbocycles.